The molecule has 1 N–H and O–H groups in total. The molecule has 1 aliphatic rings. The highest BCUT2D eigenvalue weighted by atomic mass is 14.9. The molecule has 0 spiro atoms. The maximum absolute atomic E-state index is 3.54. The van der Waals surface area contributed by atoms with Gasteiger partial charge in [0.05, 0.1) is 0 Å². The third-order valence-electron chi connectivity index (χ3n) is 3.24. The van der Waals surface area contributed by atoms with Crippen LogP contribution in [0.15, 0.2) is 18.2 Å². The molecular formula is C14H21N. The van der Waals surface area contributed by atoms with Crippen molar-refractivity contribution in [1.82, 2.24) is 0 Å². The minimum Gasteiger partial charge on any atom is -0.382 e. The molecule has 82 valence electrons. The normalized spacial score (nSPS) is 19.5. The summed E-state index contributed by atoms with van der Waals surface area (Å²) in [5.41, 5.74) is 4.38. The Morgan fingerprint density at radius 3 is 3.07 bits per heavy atom. The number of aryl methyl sites for hydroxylation is 2. The summed E-state index contributed by atoms with van der Waals surface area (Å²) >= 11 is 0. The van der Waals surface area contributed by atoms with Gasteiger partial charge in [0.15, 0.2) is 0 Å². The molecule has 1 aliphatic heterocycles. The molecule has 0 fully saturated rings. The lowest BCUT2D eigenvalue weighted by Crippen LogP contribution is -2.21. The van der Waals surface area contributed by atoms with Crippen molar-refractivity contribution < 1.29 is 0 Å². The highest BCUT2D eigenvalue weighted by molar-refractivity contribution is 5.55. The number of hydrogen-bond donors (Lipinski definition) is 1. The Labute approximate surface area is 92.9 Å². The fourth-order valence-electron chi connectivity index (χ4n) is 2.24. The van der Waals surface area contributed by atoms with Gasteiger partial charge in [-0.05, 0) is 49.8 Å². The number of nitrogens with one attached hydrogen (secondary N) is 1. The predicted octanol–water partition coefficient (Wildman–Crippen LogP) is 3.78. The van der Waals surface area contributed by atoms with Crippen molar-refractivity contribution in [2.45, 2.75) is 52.0 Å². The fourth-order valence-corrected chi connectivity index (χ4v) is 2.24. The lowest BCUT2D eigenvalue weighted by Gasteiger charge is -2.24. The summed E-state index contributed by atoms with van der Waals surface area (Å²) in [5, 5.41) is 3.54. The Balaban J connectivity index is 2.12. The summed E-state index contributed by atoms with van der Waals surface area (Å²) in [6.45, 7) is 4.51. The fraction of sp³-hybridized carbons (Fsp3) is 0.571. The number of fused-ring (bicyclic) bond motifs is 1. The average molecular weight is 203 g/mol. The van der Waals surface area contributed by atoms with Crippen LogP contribution in [0.4, 0.5) is 5.69 Å². The maximum atomic E-state index is 3.54. The second-order valence-corrected chi connectivity index (χ2v) is 4.68. The van der Waals surface area contributed by atoms with Gasteiger partial charge in [0.1, 0.15) is 0 Å². The molecule has 0 saturated heterocycles. The van der Waals surface area contributed by atoms with Crippen LogP contribution in [-0.4, -0.2) is 6.04 Å². The number of hydrogen-bond acceptors (Lipinski definition) is 1. The largest absolute Gasteiger partial charge is 0.382 e. The molecule has 1 unspecified atom stereocenters. The zero-order valence-corrected chi connectivity index (χ0v) is 9.84. The Hall–Kier alpha value is -0.980. The van der Waals surface area contributed by atoms with E-state index in [9.17, 15) is 0 Å². The molecule has 0 bridgehead atoms. The molecule has 1 heterocycles. The van der Waals surface area contributed by atoms with Crippen LogP contribution < -0.4 is 5.32 Å². The van der Waals surface area contributed by atoms with Crippen molar-refractivity contribution in [3.8, 4) is 0 Å². The van der Waals surface area contributed by atoms with E-state index in [-0.39, 0.29) is 0 Å². The lowest BCUT2D eigenvalue weighted by molar-refractivity contribution is 0.679. The van der Waals surface area contributed by atoms with Crippen LogP contribution in [0.25, 0.3) is 0 Å². The Morgan fingerprint density at radius 1 is 1.40 bits per heavy atom. The summed E-state index contributed by atoms with van der Waals surface area (Å²) in [4.78, 5) is 0. The van der Waals surface area contributed by atoms with Crippen LogP contribution in [0, 0.1) is 0 Å². The standard InChI is InChI=1S/C14H21N/c1-3-4-5-12-7-9-14-13(10-12)8-6-11(2)15-14/h7,9-11,15H,3-6,8H2,1-2H3. The van der Waals surface area contributed by atoms with E-state index in [0.717, 1.165) is 0 Å². The van der Waals surface area contributed by atoms with Gasteiger partial charge in [0.2, 0.25) is 0 Å². The highest BCUT2D eigenvalue weighted by Crippen LogP contribution is 2.26. The van der Waals surface area contributed by atoms with E-state index in [0.29, 0.717) is 6.04 Å². The van der Waals surface area contributed by atoms with E-state index in [2.05, 4.69) is 37.4 Å². The molecule has 15 heavy (non-hydrogen) atoms. The van der Waals surface area contributed by atoms with E-state index in [1.54, 1.807) is 0 Å². The van der Waals surface area contributed by atoms with Crippen molar-refractivity contribution in [3.05, 3.63) is 29.3 Å². The summed E-state index contributed by atoms with van der Waals surface area (Å²) in [7, 11) is 0. The van der Waals surface area contributed by atoms with Gasteiger partial charge < -0.3 is 5.32 Å². The quantitative estimate of drug-likeness (QED) is 0.788. The van der Waals surface area contributed by atoms with E-state index in [4.69, 9.17) is 0 Å². The third-order valence-corrected chi connectivity index (χ3v) is 3.24. The highest BCUT2D eigenvalue weighted by Gasteiger charge is 2.13. The Kier molecular flexibility index (Phi) is 3.30. The van der Waals surface area contributed by atoms with Gasteiger partial charge in [0.25, 0.3) is 0 Å². The Morgan fingerprint density at radius 2 is 2.27 bits per heavy atom. The molecule has 0 aromatic heterocycles. The minimum absolute atomic E-state index is 0.638. The van der Waals surface area contributed by atoms with Gasteiger partial charge >= 0.3 is 0 Å². The summed E-state index contributed by atoms with van der Waals surface area (Å²) < 4.78 is 0. The Bertz CT molecular complexity index is 330. The molecule has 1 nitrogen and oxygen atoms in total. The molecule has 0 aliphatic carbocycles. The predicted molar refractivity (Wildman–Crippen MR) is 66.5 cm³/mol. The summed E-state index contributed by atoms with van der Waals surface area (Å²) in [6.07, 6.45) is 6.34. The van der Waals surface area contributed by atoms with Crippen molar-refractivity contribution in [1.29, 1.82) is 0 Å². The maximum Gasteiger partial charge on any atom is 0.0374 e. The number of rotatable bonds is 3. The molecule has 1 aromatic rings. The first kappa shape index (κ1) is 10.5. The van der Waals surface area contributed by atoms with E-state index >= 15 is 0 Å². The molecule has 2 rings (SSSR count). The first-order chi connectivity index (χ1) is 7.29. The number of benzene rings is 1. The minimum atomic E-state index is 0.638. The van der Waals surface area contributed by atoms with Crippen LogP contribution in [-0.2, 0) is 12.8 Å². The second-order valence-electron chi connectivity index (χ2n) is 4.68. The second kappa shape index (κ2) is 4.69. The molecular weight excluding hydrogens is 182 g/mol. The number of anilines is 1. The van der Waals surface area contributed by atoms with Gasteiger partial charge in [-0.2, -0.15) is 0 Å². The van der Waals surface area contributed by atoms with Gasteiger partial charge in [-0.1, -0.05) is 25.5 Å². The lowest BCUT2D eigenvalue weighted by atomic mass is 9.96. The zero-order chi connectivity index (χ0) is 10.7. The van der Waals surface area contributed by atoms with E-state index < -0.39 is 0 Å². The average Bonchev–Trinajstić information content (AvgIpc) is 2.26. The first-order valence-electron chi connectivity index (χ1n) is 6.18. The molecule has 0 amide bonds. The summed E-state index contributed by atoms with van der Waals surface area (Å²) in [5.74, 6) is 0. The van der Waals surface area contributed by atoms with Crippen LogP contribution in [0.2, 0.25) is 0 Å². The molecule has 1 heteroatoms. The van der Waals surface area contributed by atoms with E-state index in [1.165, 1.54) is 48.9 Å². The zero-order valence-electron chi connectivity index (χ0n) is 9.84. The van der Waals surface area contributed by atoms with Crippen LogP contribution >= 0.6 is 0 Å². The van der Waals surface area contributed by atoms with Gasteiger partial charge in [-0.3, -0.25) is 0 Å². The van der Waals surface area contributed by atoms with Crippen LogP contribution in [0.5, 0.6) is 0 Å². The first-order valence-corrected chi connectivity index (χ1v) is 6.18. The molecule has 0 saturated carbocycles. The summed E-state index contributed by atoms with van der Waals surface area (Å²) in [6, 6.07) is 7.57. The van der Waals surface area contributed by atoms with Crippen molar-refractivity contribution in [3.63, 3.8) is 0 Å². The van der Waals surface area contributed by atoms with Gasteiger partial charge in [0, 0.05) is 11.7 Å². The van der Waals surface area contributed by atoms with Crippen molar-refractivity contribution in [2.24, 2.45) is 0 Å². The van der Waals surface area contributed by atoms with Gasteiger partial charge in [-0.25, -0.2) is 0 Å². The van der Waals surface area contributed by atoms with Crippen LogP contribution in [0.3, 0.4) is 0 Å². The van der Waals surface area contributed by atoms with Gasteiger partial charge in [-0.15, -0.1) is 0 Å². The smallest absolute Gasteiger partial charge is 0.0374 e. The molecule has 1 atom stereocenters. The third kappa shape index (κ3) is 2.53. The number of unbranched alkanes of at least 4 members (excludes halogenated alkanes) is 1. The SMILES string of the molecule is CCCCc1ccc2c(c1)CCC(C)N2. The molecule has 1 aromatic carbocycles. The van der Waals surface area contributed by atoms with Crippen LogP contribution in [0.1, 0.15) is 44.2 Å². The van der Waals surface area contributed by atoms with E-state index in [1.807, 2.05) is 0 Å². The van der Waals surface area contributed by atoms with Crippen molar-refractivity contribution >= 4 is 5.69 Å². The topological polar surface area (TPSA) is 12.0 Å². The molecule has 0 radical (unpaired) electrons. The monoisotopic (exact) mass is 203 g/mol. The van der Waals surface area contributed by atoms with Crippen molar-refractivity contribution in [2.75, 3.05) is 5.32 Å².